The van der Waals surface area contributed by atoms with E-state index in [0.717, 1.165) is 4.90 Å². The van der Waals surface area contributed by atoms with Crippen molar-refractivity contribution in [2.24, 2.45) is 0 Å². The van der Waals surface area contributed by atoms with Crippen LogP contribution < -0.4 is 4.90 Å². The van der Waals surface area contributed by atoms with Crippen LogP contribution in [0.15, 0.2) is 164 Å². The third-order valence-electron chi connectivity index (χ3n) is 8.73. The van der Waals surface area contributed by atoms with Gasteiger partial charge in [-0.3, -0.25) is 19.2 Å². The van der Waals surface area contributed by atoms with E-state index in [9.17, 15) is 28.8 Å². The molecule has 0 radical (unpaired) electrons. The van der Waals surface area contributed by atoms with Crippen LogP contribution in [0.3, 0.4) is 0 Å². The van der Waals surface area contributed by atoms with Gasteiger partial charge >= 0.3 is 11.9 Å². The van der Waals surface area contributed by atoms with Gasteiger partial charge in [-0.2, -0.15) is 0 Å². The number of para-hydroxylation sites is 1. The molecule has 2 atom stereocenters. The first kappa shape index (κ1) is 34.2. The number of imide groups is 1. The van der Waals surface area contributed by atoms with Crippen molar-refractivity contribution in [1.82, 2.24) is 0 Å². The van der Waals surface area contributed by atoms with Crippen LogP contribution in [-0.2, 0) is 9.47 Å². The highest BCUT2D eigenvalue weighted by molar-refractivity contribution is 6.35. The standard InChI is InChI=1S/C44H29NO8/c46-37(28-15-5-1-6-16-28)39(30-19-9-3-10-20-30)52-43(50)32-25-26-33-35(27-32)42(49)45(41(33)48)36-24-14-13-23-34(36)44(51)53-40(31-21-11-4-12-22-31)38(47)29-17-7-2-8-18-29/h1-27,39-40H/t39-,40-/m0/s1. The highest BCUT2D eigenvalue weighted by Crippen LogP contribution is 2.34. The molecule has 1 heterocycles. The minimum absolute atomic E-state index is 0.00360. The van der Waals surface area contributed by atoms with E-state index in [2.05, 4.69) is 0 Å². The molecule has 0 aliphatic carbocycles. The van der Waals surface area contributed by atoms with E-state index in [4.69, 9.17) is 9.47 Å². The molecule has 6 aromatic rings. The van der Waals surface area contributed by atoms with Gasteiger partial charge in [0.05, 0.1) is 27.9 Å². The molecule has 7 rings (SSSR count). The van der Waals surface area contributed by atoms with Crippen LogP contribution in [0.5, 0.6) is 0 Å². The van der Waals surface area contributed by atoms with Gasteiger partial charge in [-0.15, -0.1) is 0 Å². The molecule has 9 heteroatoms. The van der Waals surface area contributed by atoms with Gasteiger partial charge in [0.15, 0.2) is 12.2 Å². The number of Topliss-reactive ketones (excluding diaryl/α,β-unsaturated/α-hetero) is 2. The summed E-state index contributed by atoms with van der Waals surface area (Å²) >= 11 is 0. The molecule has 1 aliphatic heterocycles. The van der Waals surface area contributed by atoms with E-state index < -0.39 is 47.5 Å². The summed E-state index contributed by atoms with van der Waals surface area (Å²) in [7, 11) is 0. The summed E-state index contributed by atoms with van der Waals surface area (Å²) in [6.07, 6.45) is -2.59. The Hall–Kier alpha value is -7.26. The van der Waals surface area contributed by atoms with E-state index in [0.29, 0.717) is 22.3 Å². The zero-order chi connectivity index (χ0) is 36.9. The molecule has 0 N–H and O–H groups in total. The second-order valence-corrected chi connectivity index (χ2v) is 12.1. The maximum Gasteiger partial charge on any atom is 0.341 e. The normalized spacial score (nSPS) is 13.1. The first-order valence-corrected chi connectivity index (χ1v) is 16.6. The third kappa shape index (κ3) is 6.91. The summed E-state index contributed by atoms with van der Waals surface area (Å²) in [4.78, 5) is 83.0. The van der Waals surface area contributed by atoms with Crippen molar-refractivity contribution in [3.63, 3.8) is 0 Å². The molecular weight excluding hydrogens is 670 g/mol. The molecule has 0 aromatic heterocycles. The molecule has 0 bridgehead atoms. The number of benzene rings is 6. The van der Waals surface area contributed by atoms with Crippen molar-refractivity contribution in [1.29, 1.82) is 0 Å². The fourth-order valence-electron chi connectivity index (χ4n) is 6.08. The summed E-state index contributed by atoms with van der Waals surface area (Å²) in [6.45, 7) is 0. The Kier molecular flexibility index (Phi) is 9.63. The molecule has 9 nitrogen and oxygen atoms in total. The van der Waals surface area contributed by atoms with Crippen molar-refractivity contribution in [2.45, 2.75) is 12.2 Å². The maximum absolute atomic E-state index is 13.9. The molecule has 2 amide bonds. The van der Waals surface area contributed by atoms with Crippen molar-refractivity contribution < 1.29 is 38.2 Å². The van der Waals surface area contributed by atoms with Gasteiger partial charge in [0, 0.05) is 22.3 Å². The van der Waals surface area contributed by atoms with Gasteiger partial charge in [0.25, 0.3) is 11.8 Å². The Morgan fingerprint density at radius 3 is 1.40 bits per heavy atom. The number of nitrogens with zero attached hydrogens (tertiary/aromatic N) is 1. The van der Waals surface area contributed by atoms with Crippen molar-refractivity contribution in [2.75, 3.05) is 4.90 Å². The molecule has 0 saturated heterocycles. The predicted octanol–water partition coefficient (Wildman–Crippen LogP) is 8.05. The van der Waals surface area contributed by atoms with E-state index >= 15 is 0 Å². The van der Waals surface area contributed by atoms with Gasteiger partial charge in [-0.1, -0.05) is 133 Å². The van der Waals surface area contributed by atoms with Crippen LogP contribution in [-0.4, -0.2) is 35.3 Å². The molecule has 6 aromatic carbocycles. The Morgan fingerprint density at radius 1 is 0.434 bits per heavy atom. The Morgan fingerprint density at radius 2 is 0.868 bits per heavy atom. The number of fused-ring (bicyclic) bond motifs is 1. The summed E-state index contributed by atoms with van der Waals surface area (Å²) in [6, 6.07) is 43.7. The second-order valence-electron chi connectivity index (χ2n) is 12.1. The average molecular weight is 700 g/mol. The molecule has 0 unspecified atom stereocenters. The molecule has 0 fully saturated rings. The Labute approximate surface area is 304 Å². The highest BCUT2D eigenvalue weighted by atomic mass is 16.6. The number of ketones is 2. The van der Waals surface area contributed by atoms with Crippen molar-refractivity contribution in [3.8, 4) is 0 Å². The lowest BCUT2D eigenvalue weighted by atomic mass is 9.99. The molecule has 0 saturated carbocycles. The highest BCUT2D eigenvalue weighted by Gasteiger charge is 2.40. The fourth-order valence-corrected chi connectivity index (χ4v) is 6.08. The van der Waals surface area contributed by atoms with Crippen LogP contribution in [0.4, 0.5) is 5.69 Å². The number of esters is 2. The van der Waals surface area contributed by atoms with E-state index in [1.165, 1.54) is 30.3 Å². The van der Waals surface area contributed by atoms with Crippen LogP contribution in [0.2, 0.25) is 0 Å². The molecular formula is C44H29NO8. The number of anilines is 1. The summed E-state index contributed by atoms with van der Waals surface area (Å²) in [5.74, 6) is -4.24. The Bertz CT molecular complexity index is 2360. The van der Waals surface area contributed by atoms with E-state index in [1.807, 2.05) is 0 Å². The first-order valence-electron chi connectivity index (χ1n) is 16.6. The van der Waals surface area contributed by atoms with Gasteiger partial charge in [0.1, 0.15) is 0 Å². The van der Waals surface area contributed by atoms with E-state index in [1.54, 1.807) is 133 Å². The lowest BCUT2D eigenvalue weighted by molar-refractivity contribution is 0.0278. The van der Waals surface area contributed by atoms with Crippen molar-refractivity contribution in [3.05, 3.63) is 208 Å². The third-order valence-corrected chi connectivity index (χ3v) is 8.73. The van der Waals surface area contributed by atoms with Crippen molar-refractivity contribution >= 4 is 41.0 Å². The maximum atomic E-state index is 13.9. The van der Waals surface area contributed by atoms with Crippen LogP contribution in [0.1, 0.15) is 85.5 Å². The summed E-state index contributed by atoms with van der Waals surface area (Å²) < 4.78 is 11.6. The fraction of sp³-hybridized carbons (Fsp3) is 0.0455. The zero-order valence-electron chi connectivity index (χ0n) is 28.0. The number of carbonyl (C=O) groups is 6. The SMILES string of the molecule is O=C(O[C@H](C(=O)c1ccccc1)c1ccccc1)c1ccc2c(c1)C(=O)N(c1ccccc1C(=O)O[C@H](C(=O)c1ccccc1)c1ccccc1)C2=O. The first-order chi connectivity index (χ1) is 25.8. The predicted molar refractivity (Wildman–Crippen MR) is 195 cm³/mol. The zero-order valence-corrected chi connectivity index (χ0v) is 28.0. The minimum atomic E-state index is -1.32. The second kappa shape index (κ2) is 14.9. The lowest BCUT2D eigenvalue weighted by Crippen LogP contribution is -2.31. The Balaban J connectivity index is 1.16. The van der Waals surface area contributed by atoms with E-state index in [-0.39, 0.29) is 27.9 Å². The molecule has 0 spiro atoms. The van der Waals surface area contributed by atoms with Crippen LogP contribution >= 0.6 is 0 Å². The monoisotopic (exact) mass is 699 g/mol. The number of ether oxygens (including phenoxy) is 2. The number of rotatable bonds is 11. The number of amides is 2. The number of carbonyl (C=O) groups excluding carboxylic acids is 6. The lowest BCUT2D eigenvalue weighted by Gasteiger charge is -2.21. The smallest absolute Gasteiger partial charge is 0.341 e. The molecule has 53 heavy (non-hydrogen) atoms. The minimum Gasteiger partial charge on any atom is -0.445 e. The van der Waals surface area contributed by atoms with Gasteiger partial charge in [0.2, 0.25) is 11.6 Å². The summed E-state index contributed by atoms with van der Waals surface area (Å²) in [5, 5.41) is 0. The van der Waals surface area contributed by atoms with Gasteiger partial charge < -0.3 is 9.47 Å². The largest absolute Gasteiger partial charge is 0.445 e. The number of hydrogen-bond acceptors (Lipinski definition) is 8. The average Bonchev–Trinajstić information content (AvgIpc) is 3.47. The number of hydrogen-bond donors (Lipinski definition) is 0. The molecule has 1 aliphatic rings. The topological polar surface area (TPSA) is 124 Å². The quantitative estimate of drug-likeness (QED) is 0.0756. The van der Waals surface area contributed by atoms with Crippen LogP contribution in [0.25, 0.3) is 0 Å². The van der Waals surface area contributed by atoms with Gasteiger partial charge in [-0.05, 0) is 30.3 Å². The van der Waals surface area contributed by atoms with Gasteiger partial charge in [-0.25, -0.2) is 14.5 Å². The molecule has 258 valence electrons. The van der Waals surface area contributed by atoms with Crippen LogP contribution in [0, 0.1) is 0 Å². The summed E-state index contributed by atoms with van der Waals surface area (Å²) in [5.41, 5.74) is 1.21.